The number of carbonyl (C=O) groups is 1. The van der Waals surface area contributed by atoms with E-state index in [2.05, 4.69) is 96.0 Å². The fourth-order valence-corrected chi connectivity index (χ4v) is 6.03. The fraction of sp³-hybridized carbons (Fsp3) is 0.200. The third-order valence-electron chi connectivity index (χ3n) is 8.02. The number of hydrogen-bond acceptors (Lipinski definition) is 2. The molecule has 1 aliphatic heterocycles. The summed E-state index contributed by atoms with van der Waals surface area (Å²) in [6.07, 6.45) is 5.43. The average Bonchev–Trinajstić information content (AvgIpc) is 3.48. The van der Waals surface area contributed by atoms with Gasteiger partial charge in [-0.15, -0.1) is 0 Å². The summed E-state index contributed by atoms with van der Waals surface area (Å²) in [4.78, 5) is 23.6. The number of nitrogens with zero attached hydrogens (tertiary/aromatic N) is 2. The van der Waals surface area contributed by atoms with Crippen molar-refractivity contribution in [3.63, 3.8) is 0 Å². The van der Waals surface area contributed by atoms with E-state index in [-0.39, 0.29) is 5.91 Å². The Morgan fingerprint density at radius 2 is 1.26 bits per heavy atom. The molecule has 0 spiro atoms. The van der Waals surface area contributed by atoms with Crippen LogP contribution in [-0.4, -0.2) is 22.4 Å². The van der Waals surface area contributed by atoms with Crippen LogP contribution in [0.2, 0.25) is 0 Å². The Kier molecular flexibility index (Phi) is 7.09. The Hall–Kier alpha value is -4.44. The first kappa shape index (κ1) is 24.9. The Morgan fingerprint density at radius 1 is 0.744 bits per heavy atom. The summed E-state index contributed by atoms with van der Waals surface area (Å²) in [6.45, 7) is 0.779. The molecular formula is C35H33N3O. The maximum absolute atomic E-state index is 12.9. The largest absolute Gasteiger partial charge is 0.345 e. The zero-order valence-electron chi connectivity index (χ0n) is 22.0. The number of rotatable bonds is 8. The highest BCUT2D eigenvalue weighted by Crippen LogP contribution is 2.43. The lowest BCUT2D eigenvalue weighted by Crippen LogP contribution is -2.38. The normalized spacial score (nSPS) is 15.8. The van der Waals surface area contributed by atoms with Crippen LogP contribution < -0.4 is 4.90 Å². The molecule has 0 aliphatic carbocycles. The first-order valence-corrected chi connectivity index (χ1v) is 13.8. The van der Waals surface area contributed by atoms with Crippen molar-refractivity contribution in [1.82, 2.24) is 9.97 Å². The summed E-state index contributed by atoms with van der Waals surface area (Å²) >= 11 is 0. The molecule has 1 aromatic heterocycles. The molecule has 1 saturated heterocycles. The first-order chi connectivity index (χ1) is 19.2. The van der Waals surface area contributed by atoms with Crippen LogP contribution in [-0.2, 0) is 16.6 Å². The van der Waals surface area contributed by atoms with E-state index in [1.165, 1.54) is 16.7 Å². The maximum atomic E-state index is 12.9. The fourth-order valence-electron chi connectivity index (χ4n) is 6.03. The summed E-state index contributed by atoms with van der Waals surface area (Å²) in [5, 5.41) is 0. The van der Waals surface area contributed by atoms with E-state index < -0.39 is 5.41 Å². The molecule has 1 fully saturated rings. The minimum Gasteiger partial charge on any atom is -0.345 e. The molecule has 0 radical (unpaired) electrons. The first-order valence-electron chi connectivity index (χ1n) is 13.8. The monoisotopic (exact) mass is 511 g/mol. The van der Waals surface area contributed by atoms with Crippen LogP contribution in [0.15, 0.2) is 128 Å². The van der Waals surface area contributed by atoms with Crippen LogP contribution in [0.1, 0.15) is 47.5 Å². The molecule has 6 rings (SSSR count). The van der Waals surface area contributed by atoms with Crippen LogP contribution in [0.25, 0.3) is 0 Å². The zero-order chi connectivity index (χ0) is 26.5. The summed E-state index contributed by atoms with van der Waals surface area (Å²) in [5.41, 5.74) is 5.04. The lowest BCUT2D eigenvalue weighted by Gasteiger charge is -2.34. The number of benzene rings is 4. The highest BCUT2D eigenvalue weighted by atomic mass is 16.2. The number of H-pyrrole nitrogens is 1. The molecule has 1 amide bonds. The van der Waals surface area contributed by atoms with Crippen LogP contribution in [0.4, 0.5) is 5.69 Å². The van der Waals surface area contributed by atoms with Crippen LogP contribution in [0.5, 0.6) is 0 Å². The minimum atomic E-state index is -0.570. The Morgan fingerprint density at radius 3 is 1.77 bits per heavy atom. The van der Waals surface area contributed by atoms with E-state index in [9.17, 15) is 4.79 Å². The van der Waals surface area contributed by atoms with Gasteiger partial charge in [0.05, 0.1) is 0 Å². The molecule has 0 saturated carbocycles. The van der Waals surface area contributed by atoms with Gasteiger partial charge in [0.25, 0.3) is 0 Å². The molecule has 2 heterocycles. The van der Waals surface area contributed by atoms with Crippen molar-refractivity contribution in [3.05, 3.63) is 156 Å². The number of piperidine rings is 1. The van der Waals surface area contributed by atoms with Gasteiger partial charge in [-0.3, -0.25) is 4.79 Å². The van der Waals surface area contributed by atoms with Gasteiger partial charge >= 0.3 is 0 Å². The number of aromatic nitrogens is 2. The molecule has 194 valence electrons. The van der Waals surface area contributed by atoms with Gasteiger partial charge in [-0.25, -0.2) is 4.98 Å². The molecule has 4 nitrogen and oxygen atoms in total. The second kappa shape index (κ2) is 11.1. The summed E-state index contributed by atoms with van der Waals surface area (Å²) < 4.78 is 0. The zero-order valence-corrected chi connectivity index (χ0v) is 22.0. The van der Waals surface area contributed by atoms with Gasteiger partial charge in [0.15, 0.2) is 0 Å². The van der Waals surface area contributed by atoms with Gasteiger partial charge in [0.2, 0.25) is 5.91 Å². The molecule has 0 bridgehead atoms. The third kappa shape index (κ3) is 4.90. The van der Waals surface area contributed by atoms with E-state index in [1.807, 2.05) is 41.4 Å². The smallest absolute Gasteiger partial charge is 0.227 e. The predicted octanol–water partition coefficient (Wildman–Crippen LogP) is 7.17. The minimum absolute atomic E-state index is 0.221. The SMILES string of the molecule is O=C1CC(CCc2cnc(C(c3ccccc3)(c3ccccc3)c3ccccc3)[nH]2)CCN1c1ccccc1. The Bertz CT molecular complexity index is 1400. The van der Waals surface area contributed by atoms with Crippen LogP contribution in [0, 0.1) is 5.92 Å². The molecule has 39 heavy (non-hydrogen) atoms. The highest BCUT2D eigenvalue weighted by molar-refractivity contribution is 5.94. The quantitative estimate of drug-likeness (QED) is 0.225. The van der Waals surface area contributed by atoms with E-state index in [4.69, 9.17) is 4.98 Å². The molecular weight excluding hydrogens is 478 g/mol. The number of aryl methyl sites for hydroxylation is 1. The number of hydrogen-bond donors (Lipinski definition) is 1. The third-order valence-corrected chi connectivity index (χ3v) is 8.02. The lowest BCUT2D eigenvalue weighted by molar-refractivity contribution is -0.120. The Labute approximate surface area is 230 Å². The number of aromatic amines is 1. The van der Waals surface area contributed by atoms with Gasteiger partial charge < -0.3 is 9.88 Å². The van der Waals surface area contributed by atoms with Crippen molar-refractivity contribution in [2.45, 2.75) is 31.1 Å². The van der Waals surface area contributed by atoms with Crippen LogP contribution >= 0.6 is 0 Å². The van der Waals surface area contributed by atoms with Gasteiger partial charge in [-0.05, 0) is 54.0 Å². The second-order valence-corrected chi connectivity index (χ2v) is 10.4. The maximum Gasteiger partial charge on any atom is 0.227 e. The molecule has 1 aliphatic rings. The number of anilines is 1. The van der Waals surface area contributed by atoms with E-state index >= 15 is 0 Å². The number of para-hydroxylation sites is 1. The second-order valence-electron chi connectivity index (χ2n) is 10.4. The summed E-state index contributed by atoms with van der Waals surface area (Å²) in [7, 11) is 0. The van der Waals surface area contributed by atoms with Crippen molar-refractivity contribution < 1.29 is 4.79 Å². The predicted molar refractivity (Wildman–Crippen MR) is 157 cm³/mol. The highest BCUT2D eigenvalue weighted by Gasteiger charge is 2.41. The lowest BCUT2D eigenvalue weighted by atomic mass is 9.69. The van der Waals surface area contributed by atoms with Crippen molar-refractivity contribution in [2.75, 3.05) is 11.4 Å². The van der Waals surface area contributed by atoms with E-state index in [0.717, 1.165) is 43.0 Å². The van der Waals surface area contributed by atoms with Gasteiger partial charge in [0.1, 0.15) is 11.2 Å². The van der Waals surface area contributed by atoms with Crippen LogP contribution in [0.3, 0.4) is 0 Å². The molecule has 1 unspecified atom stereocenters. The van der Waals surface area contributed by atoms with Crippen molar-refractivity contribution in [2.24, 2.45) is 5.92 Å². The number of imidazole rings is 1. The number of carbonyl (C=O) groups excluding carboxylic acids is 1. The summed E-state index contributed by atoms with van der Waals surface area (Å²) in [6, 6.07) is 41.9. The van der Waals surface area contributed by atoms with Gasteiger partial charge in [-0.2, -0.15) is 0 Å². The van der Waals surface area contributed by atoms with Gasteiger partial charge in [-0.1, -0.05) is 109 Å². The Balaban J connectivity index is 1.28. The molecule has 1 atom stereocenters. The van der Waals surface area contributed by atoms with E-state index in [0.29, 0.717) is 12.3 Å². The number of amides is 1. The topological polar surface area (TPSA) is 49.0 Å². The molecule has 1 N–H and O–H groups in total. The van der Waals surface area contributed by atoms with Crippen molar-refractivity contribution >= 4 is 11.6 Å². The number of nitrogens with one attached hydrogen (secondary N) is 1. The molecule has 5 aromatic rings. The molecule has 4 aromatic carbocycles. The molecule has 4 heteroatoms. The van der Waals surface area contributed by atoms with Crippen molar-refractivity contribution in [1.29, 1.82) is 0 Å². The standard InChI is InChI=1S/C35H33N3O/c39-33-25-27(23-24-38(33)32-19-11-4-12-20-32)21-22-31-26-36-34(37-31)35(28-13-5-1-6-14-28,29-15-7-2-8-16-29)30-17-9-3-10-18-30/h1-20,26-27H,21-25H2,(H,36,37). The average molecular weight is 512 g/mol. The summed E-state index contributed by atoms with van der Waals surface area (Å²) in [5.74, 6) is 1.52. The van der Waals surface area contributed by atoms with Gasteiger partial charge in [0, 0.05) is 30.5 Å². The van der Waals surface area contributed by atoms with Crippen molar-refractivity contribution in [3.8, 4) is 0 Å². The van der Waals surface area contributed by atoms with E-state index in [1.54, 1.807) is 0 Å².